The fourth-order valence-corrected chi connectivity index (χ4v) is 7.99. The molecule has 0 nitrogen and oxygen atoms in total. The van der Waals surface area contributed by atoms with Gasteiger partial charge >= 0.3 is 0 Å². The monoisotopic (exact) mass is 274 g/mol. The van der Waals surface area contributed by atoms with Crippen LogP contribution < -0.4 is 0 Å². The van der Waals surface area contributed by atoms with Crippen molar-refractivity contribution in [2.75, 3.05) is 0 Å². The number of hydrogen-bond acceptors (Lipinski definition) is 0. The topological polar surface area (TPSA) is 0 Å². The van der Waals surface area contributed by atoms with E-state index in [2.05, 4.69) is 27.7 Å². The van der Waals surface area contributed by atoms with Crippen molar-refractivity contribution >= 4 is 0 Å². The van der Waals surface area contributed by atoms with E-state index in [-0.39, 0.29) is 0 Å². The molecule has 0 aliphatic heterocycles. The molecule has 1 spiro atoms. The van der Waals surface area contributed by atoms with Crippen LogP contribution in [-0.4, -0.2) is 0 Å². The molecule has 0 aromatic rings. The largest absolute Gasteiger partial charge is 0.0622 e. The summed E-state index contributed by atoms with van der Waals surface area (Å²) in [7, 11) is 0. The molecule has 0 heteroatoms. The van der Waals surface area contributed by atoms with Crippen LogP contribution in [-0.2, 0) is 0 Å². The lowest BCUT2D eigenvalue weighted by molar-refractivity contribution is -0.190. The zero-order chi connectivity index (χ0) is 14.2. The number of rotatable bonds is 0. The Kier molecular flexibility index (Phi) is 2.76. The maximum Gasteiger partial charge on any atom is -0.0259 e. The molecule has 0 N–H and O–H groups in total. The predicted octanol–water partition coefficient (Wildman–Crippen LogP) is 6.06. The van der Waals surface area contributed by atoms with Crippen molar-refractivity contribution in [2.24, 2.45) is 39.9 Å². The van der Waals surface area contributed by atoms with Crippen LogP contribution in [0.25, 0.3) is 0 Å². The third-order valence-corrected chi connectivity index (χ3v) is 8.83. The van der Waals surface area contributed by atoms with Gasteiger partial charge in [-0.05, 0) is 91.3 Å². The SMILES string of the molecule is C[C@@H]1C[C@@]23CC[C@@H]1C[C@@H]2[C@@]1(C)CCCC(C)(C)[C@@H]1CC3. The molecule has 20 heavy (non-hydrogen) atoms. The summed E-state index contributed by atoms with van der Waals surface area (Å²) in [5.41, 5.74) is 2.06. The van der Waals surface area contributed by atoms with E-state index in [9.17, 15) is 0 Å². The minimum atomic E-state index is 0.608. The van der Waals surface area contributed by atoms with E-state index < -0.39 is 0 Å². The van der Waals surface area contributed by atoms with Crippen LogP contribution in [0.4, 0.5) is 0 Å². The van der Waals surface area contributed by atoms with Crippen LogP contribution in [0.5, 0.6) is 0 Å². The van der Waals surface area contributed by atoms with Gasteiger partial charge in [0.15, 0.2) is 0 Å². The smallest absolute Gasteiger partial charge is 0.0259 e. The van der Waals surface area contributed by atoms with E-state index in [1.54, 1.807) is 32.1 Å². The van der Waals surface area contributed by atoms with Crippen molar-refractivity contribution in [1.29, 1.82) is 0 Å². The Hall–Kier alpha value is 0. The Balaban J connectivity index is 1.73. The highest BCUT2D eigenvalue weighted by atomic mass is 14.7. The summed E-state index contributed by atoms with van der Waals surface area (Å²) in [6.45, 7) is 10.4. The molecule has 0 saturated heterocycles. The second kappa shape index (κ2) is 4.05. The molecule has 0 amide bonds. The van der Waals surface area contributed by atoms with E-state index in [1.807, 2.05) is 0 Å². The molecule has 0 aromatic heterocycles. The summed E-state index contributed by atoms with van der Waals surface area (Å²) in [5.74, 6) is 4.18. The van der Waals surface area contributed by atoms with E-state index in [1.165, 1.54) is 25.7 Å². The first-order valence-corrected chi connectivity index (χ1v) is 9.37. The Morgan fingerprint density at radius 2 is 1.60 bits per heavy atom. The van der Waals surface area contributed by atoms with E-state index >= 15 is 0 Å². The molecular formula is C20H34. The molecular weight excluding hydrogens is 240 g/mol. The third-order valence-electron chi connectivity index (χ3n) is 8.83. The quantitative estimate of drug-likeness (QED) is 0.504. The van der Waals surface area contributed by atoms with Crippen molar-refractivity contribution < 1.29 is 0 Å². The minimum Gasteiger partial charge on any atom is -0.0622 e. The van der Waals surface area contributed by atoms with Crippen molar-refractivity contribution in [3.63, 3.8) is 0 Å². The lowest BCUT2D eigenvalue weighted by Crippen LogP contribution is -2.60. The zero-order valence-corrected chi connectivity index (χ0v) is 14.2. The van der Waals surface area contributed by atoms with Crippen molar-refractivity contribution in [1.82, 2.24) is 0 Å². The highest BCUT2D eigenvalue weighted by Crippen LogP contribution is 2.72. The van der Waals surface area contributed by atoms with Gasteiger partial charge in [0, 0.05) is 0 Å². The molecule has 5 aliphatic rings. The van der Waals surface area contributed by atoms with Gasteiger partial charge < -0.3 is 0 Å². The van der Waals surface area contributed by atoms with E-state index in [0.29, 0.717) is 10.8 Å². The van der Waals surface area contributed by atoms with Crippen LogP contribution in [0.2, 0.25) is 0 Å². The van der Waals surface area contributed by atoms with Crippen LogP contribution in [0.3, 0.4) is 0 Å². The van der Waals surface area contributed by atoms with Crippen LogP contribution in [0, 0.1) is 39.9 Å². The van der Waals surface area contributed by atoms with Crippen LogP contribution in [0.1, 0.15) is 85.5 Å². The van der Waals surface area contributed by atoms with Gasteiger partial charge in [0.05, 0.1) is 0 Å². The van der Waals surface area contributed by atoms with Gasteiger partial charge in [-0.15, -0.1) is 0 Å². The maximum absolute atomic E-state index is 2.72. The van der Waals surface area contributed by atoms with Gasteiger partial charge in [-0.2, -0.15) is 0 Å². The van der Waals surface area contributed by atoms with Crippen molar-refractivity contribution in [3.8, 4) is 0 Å². The van der Waals surface area contributed by atoms with Gasteiger partial charge in [-0.1, -0.05) is 34.1 Å². The molecule has 5 saturated carbocycles. The van der Waals surface area contributed by atoms with E-state index in [4.69, 9.17) is 0 Å². The van der Waals surface area contributed by atoms with Crippen molar-refractivity contribution in [3.05, 3.63) is 0 Å². The lowest BCUT2D eigenvalue weighted by atomic mass is 9.36. The average molecular weight is 274 g/mol. The Morgan fingerprint density at radius 1 is 0.850 bits per heavy atom. The molecule has 0 unspecified atom stereocenters. The van der Waals surface area contributed by atoms with Gasteiger partial charge in [0.25, 0.3) is 0 Å². The van der Waals surface area contributed by atoms with Gasteiger partial charge in [0.1, 0.15) is 0 Å². The maximum atomic E-state index is 2.72. The molecule has 0 aromatic carbocycles. The molecule has 114 valence electrons. The molecule has 5 rings (SSSR count). The fraction of sp³-hybridized carbons (Fsp3) is 1.00. The van der Waals surface area contributed by atoms with E-state index in [0.717, 1.165) is 29.1 Å². The van der Waals surface area contributed by atoms with Crippen molar-refractivity contribution in [2.45, 2.75) is 85.5 Å². The minimum absolute atomic E-state index is 0.608. The molecule has 5 fully saturated rings. The first-order chi connectivity index (χ1) is 9.37. The summed E-state index contributed by atoms with van der Waals surface area (Å²) in [6, 6.07) is 0. The molecule has 6 atom stereocenters. The number of fused-ring (bicyclic) bond motifs is 3. The molecule has 2 bridgehead atoms. The fourth-order valence-electron chi connectivity index (χ4n) is 7.99. The molecule has 5 aliphatic carbocycles. The summed E-state index contributed by atoms with van der Waals surface area (Å²) < 4.78 is 0. The first-order valence-electron chi connectivity index (χ1n) is 9.37. The third kappa shape index (κ3) is 1.60. The summed E-state index contributed by atoms with van der Waals surface area (Å²) in [6.07, 6.45) is 13.9. The number of hydrogen-bond donors (Lipinski definition) is 0. The highest BCUT2D eigenvalue weighted by Gasteiger charge is 2.63. The highest BCUT2D eigenvalue weighted by molar-refractivity contribution is 5.12. The zero-order valence-electron chi connectivity index (χ0n) is 14.2. The first kappa shape index (κ1) is 13.6. The Morgan fingerprint density at radius 3 is 2.35 bits per heavy atom. The average Bonchev–Trinajstić information content (AvgIpc) is 2.37. The van der Waals surface area contributed by atoms with Gasteiger partial charge in [0.2, 0.25) is 0 Å². The predicted molar refractivity (Wildman–Crippen MR) is 85.5 cm³/mol. The standard InChI is InChI=1S/C20H34/c1-14-13-20-10-6-15(14)12-17(20)19(4)9-5-8-18(2,3)16(19)7-11-20/h14-17H,5-13H2,1-4H3/t14-,15-,16+,17-,19+,20+/m1/s1. The summed E-state index contributed by atoms with van der Waals surface area (Å²) in [4.78, 5) is 0. The molecule has 0 heterocycles. The molecule has 0 radical (unpaired) electrons. The Labute approximate surface area is 126 Å². The van der Waals surface area contributed by atoms with Crippen LogP contribution >= 0.6 is 0 Å². The lowest BCUT2D eigenvalue weighted by Gasteiger charge is -2.68. The normalized spacial score (nSPS) is 57.0. The van der Waals surface area contributed by atoms with Crippen LogP contribution in [0.15, 0.2) is 0 Å². The summed E-state index contributed by atoms with van der Waals surface area (Å²) >= 11 is 0. The van der Waals surface area contributed by atoms with Gasteiger partial charge in [-0.3, -0.25) is 0 Å². The second-order valence-corrected chi connectivity index (χ2v) is 10.1. The Bertz CT molecular complexity index is 408. The summed E-state index contributed by atoms with van der Waals surface area (Å²) in [5, 5.41) is 0. The second-order valence-electron chi connectivity index (χ2n) is 10.1. The van der Waals surface area contributed by atoms with Gasteiger partial charge in [-0.25, -0.2) is 0 Å².